The fourth-order valence-electron chi connectivity index (χ4n) is 1.10. The molecule has 1 aromatic carbocycles. The van der Waals surface area contributed by atoms with Gasteiger partial charge in [0, 0.05) is 6.07 Å². The Morgan fingerprint density at radius 3 is 2.40 bits per heavy atom. The van der Waals surface area contributed by atoms with Crippen molar-refractivity contribution in [1.82, 2.24) is 0 Å². The maximum atomic E-state index is 12.4. The summed E-state index contributed by atoms with van der Waals surface area (Å²) < 4.78 is 37.1. The van der Waals surface area contributed by atoms with Gasteiger partial charge in [0.2, 0.25) is 0 Å². The normalized spacial score (nSPS) is 11.4. The summed E-state index contributed by atoms with van der Waals surface area (Å²) in [6, 6.07) is 2.70. The lowest BCUT2D eigenvalue weighted by atomic mass is 9.95. The summed E-state index contributed by atoms with van der Waals surface area (Å²) in [7, 11) is 5.15. The van der Waals surface area contributed by atoms with Crippen LogP contribution in [0, 0.1) is 10.1 Å². The van der Waals surface area contributed by atoms with Crippen molar-refractivity contribution in [2.45, 2.75) is 12.5 Å². The largest absolute Gasteiger partial charge is 0.423 e. The summed E-state index contributed by atoms with van der Waals surface area (Å²) in [5, 5.41) is 10.3. The Bertz CT molecular complexity index is 392. The van der Waals surface area contributed by atoms with Crippen LogP contribution >= 0.6 is 0 Å². The number of hydrogen-bond donors (Lipinski definition) is 0. The van der Waals surface area contributed by atoms with Crippen LogP contribution in [0.25, 0.3) is 0 Å². The van der Waals surface area contributed by atoms with Crippen LogP contribution in [0.1, 0.15) is 11.1 Å². The summed E-state index contributed by atoms with van der Waals surface area (Å²) in [6.45, 7) is 0. The number of alkyl halides is 3. The number of rotatable bonds is 2. The van der Waals surface area contributed by atoms with E-state index in [4.69, 9.17) is 7.85 Å². The molecule has 1 rings (SSSR count). The van der Waals surface area contributed by atoms with Gasteiger partial charge < -0.3 is 0 Å². The third-order valence-corrected chi connectivity index (χ3v) is 1.80. The van der Waals surface area contributed by atoms with E-state index in [-0.39, 0.29) is 11.9 Å². The Hall–Kier alpha value is -1.53. The van der Waals surface area contributed by atoms with E-state index in [1.807, 2.05) is 0 Å². The molecular formula is C8H5BF3NO2. The third kappa shape index (κ3) is 2.48. The number of nitrogens with zero attached hydrogens (tertiary/aromatic N) is 1. The van der Waals surface area contributed by atoms with Gasteiger partial charge in [-0.2, -0.15) is 13.2 Å². The molecule has 0 amide bonds. The highest BCUT2D eigenvalue weighted by molar-refractivity contribution is 6.08. The van der Waals surface area contributed by atoms with Crippen LogP contribution in [-0.2, 0) is 12.5 Å². The molecule has 0 bridgehead atoms. The predicted molar refractivity (Wildman–Crippen MR) is 47.6 cm³/mol. The zero-order chi connectivity index (χ0) is 11.6. The second kappa shape index (κ2) is 3.92. The molecule has 3 nitrogen and oxygen atoms in total. The molecule has 0 heterocycles. The minimum Gasteiger partial charge on any atom is -0.258 e. The van der Waals surface area contributed by atoms with Crippen LogP contribution in [-0.4, -0.2) is 12.8 Å². The topological polar surface area (TPSA) is 43.1 Å². The Morgan fingerprint density at radius 1 is 1.40 bits per heavy atom. The van der Waals surface area contributed by atoms with Gasteiger partial charge in [0.15, 0.2) is 0 Å². The smallest absolute Gasteiger partial charge is 0.258 e. The monoisotopic (exact) mass is 215 g/mol. The van der Waals surface area contributed by atoms with Crippen molar-refractivity contribution in [2.75, 3.05) is 0 Å². The molecule has 0 aliphatic heterocycles. The molecule has 0 unspecified atom stereocenters. The Balaban J connectivity index is 3.36. The van der Waals surface area contributed by atoms with E-state index in [2.05, 4.69) is 0 Å². The average molecular weight is 215 g/mol. The fraction of sp³-hybridized carbons (Fsp3) is 0.250. The van der Waals surface area contributed by atoms with Crippen molar-refractivity contribution in [3.63, 3.8) is 0 Å². The minimum absolute atomic E-state index is 0.0962. The van der Waals surface area contributed by atoms with Crippen molar-refractivity contribution >= 4 is 13.5 Å². The van der Waals surface area contributed by atoms with E-state index in [1.54, 1.807) is 0 Å². The molecule has 0 atom stereocenters. The van der Waals surface area contributed by atoms with Crippen LogP contribution in [0.5, 0.6) is 0 Å². The van der Waals surface area contributed by atoms with Crippen LogP contribution in [0.3, 0.4) is 0 Å². The molecule has 0 aliphatic rings. The Morgan fingerprint density at radius 2 is 2.00 bits per heavy atom. The van der Waals surface area contributed by atoms with E-state index in [9.17, 15) is 23.3 Å². The lowest BCUT2D eigenvalue weighted by Crippen LogP contribution is -2.09. The SMILES string of the molecule is [B]Cc1ccc([N+](=O)[O-])c(C(F)(F)F)c1. The molecule has 1 aromatic rings. The quantitative estimate of drug-likeness (QED) is 0.431. The van der Waals surface area contributed by atoms with Crippen molar-refractivity contribution in [3.8, 4) is 0 Å². The van der Waals surface area contributed by atoms with Gasteiger partial charge in [0.05, 0.1) is 12.8 Å². The highest BCUT2D eigenvalue weighted by atomic mass is 19.4. The Labute approximate surface area is 84.5 Å². The van der Waals surface area contributed by atoms with Crippen LogP contribution in [0.4, 0.5) is 18.9 Å². The highest BCUT2D eigenvalue weighted by Gasteiger charge is 2.38. The van der Waals surface area contributed by atoms with Gasteiger partial charge in [0.25, 0.3) is 5.69 Å². The third-order valence-electron chi connectivity index (χ3n) is 1.80. The molecule has 78 valence electrons. The van der Waals surface area contributed by atoms with Crippen LogP contribution < -0.4 is 0 Å². The van der Waals surface area contributed by atoms with Crippen molar-refractivity contribution in [1.29, 1.82) is 0 Å². The molecule has 0 saturated heterocycles. The van der Waals surface area contributed by atoms with Crippen LogP contribution in [0.2, 0.25) is 0 Å². The van der Waals surface area contributed by atoms with Gasteiger partial charge in [-0.25, -0.2) is 0 Å². The second-order valence-electron chi connectivity index (χ2n) is 2.81. The minimum atomic E-state index is -4.74. The Kier molecular flexibility index (Phi) is 3.02. The first-order valence-corrected chi connectivity index (χ1v) is 3.91. The van der Waals surface area contributed by atoms with Crippen molar-refractivity contribution < 1.29 is 18.1 Å². The number of nitro benzene ring substituents is 1. The summed E-state index contributed by atoms with van der Waals surface area (Å²) in [5.41, 5.74) is -2.02. The summed E-state index contributed by atoms with van der Waals surface area (Å²) in [5.74, 6) is 0. The molecule has 0 N–H and O–H groups in total. The molecule has 2 radical (unpaired) electrons. The summed E-state index contributed by atoms with van der Waals surface area (Å²) >= 11 is 0. The first-order valence-electron chi connectivity index (χ1n) is 3.91. The van der Waals surface area contributed by atoms with Gasteiger partial charge >= 0.3 is 6.18 Å². The van der Waals surface area contributed by atoms with Gasteiger partial charge in [0.1, 0.15) is 5.56 Å². The van der Waals surface area contributed by atoms with E-state index in [1.165, 1.54) is 6.07 Å². The zero-order valence-electron chi connectivity index (χ0n) is 7.41. The number of halogens is 3. The lowest BCUT2D eigenvalue weighted by molar-refractivity contribution is -0.388. The van der Waals surface area contributed by atoms with Crippen molar-refractivity contribution in [2.24, 2.45) is 0 Å². The first-order chi connectivity index (χ1) is 6.86. The van der Waals surface area contributed by atoms with E-state index < -0.39 is 22.4 Å². The average Bonchev–Trinajstić information content (AvgIpc) is 2.15. The molecule has 0 spiro atoms. The molecule has 0 aliphatic carbocycles. The molecule has 7 heteroatoms. The van der Waals surface area contributed by atoms with Crippen molar-refractivity contribution in [3.05, 3.63) is 39.4 Å². The number of nitro groups is 1. The maximum absolute atomic E-state index is 12.4. The highest BCUT2D eigenvalue weighted by Crippen LogP contribution is 2.36. The predicted octanol–water partition coefficient (Wildman–Crippen LogP) is 2.28. The summed E-state index contributed by atoms with van der Waals surface area (Å²) in [6.07, 6.45) is -4.84. The zero-order valence-corrected chi connectivity index (χ0v) is 7.41. The standard InChI is InChI=1S/C8H5BF3NO2/c9-4-5-1-2-7(13(14)15)6(3-5)8(10,11)12/h1-3H,4H2. The molecule has 0 fully saturated rings. The first kappa shape index (κ1) is 11.5. The molecular weight excluding hydrogens is 210 g/mol. The number of hydrogen-bond acceptors (Lipinski definition) is 2. The number of benzene rings is 1. The van der Waals surface area contributed by atoms with Gasteiger partial charge in [-0.1, -0.05) is 17.9 Å². The van der Waals surface area contributed by atoms with E-state index in [0.717, 1.165) is 6.07 Å². The fourth-order valence-corrected chi connectivity index (χ4v) is 1.10. The van der Waals surface area contributed by atoms with Gasteiger partial charge in [-0.05, 0) is 6.07 Å². The van der Waals surface area contributed by atoms with E-state index >= 15 is 0 Å². The van der Waals surface area contributed by atoms with Gasteiger partial charge in [-0.15, -0.1) is 0 Å². The molecule has 0 aromatic heterocycles. The maximum Gasteiger partial charge on any atom is 0.423 e. The lowest BCUT2D eigenvalue weighted by Gasteiger charge is -2.08. The molecule has 15 heavy (non-hydrogen) atoms. The van der Waals surface area contributed by atoms with E-state index in [0.29, 0.717) is 6.07 Å². The van der Waals surface area contributed by atoms with Gasteiger partial charge in [-0.3, -0.25) is 10.1 Å². The molecule has 0 saturated carbocycles. The summed E-state index contributed by atoms with van der Waals surface area (Å²) in [4.78, 5) is 9.28. The second-order valence-corrected chi connectivity index (χ2v) is 2.81. The van der Waals surface area contributed by atoms with Crippen LogP contribution in [0.15, 0.2) is 18.2 Å².